The summed E-state index contributed by atoms with van der Waals surface area (Å²) in [5.41, 5.74) is 1.62. The monoisotopic (exact) mass is 175 g/mol. The zero-order chi connectivity index (χ0) is 9.68. The summed E-state index contributed by atoms with van der Waals surface area (Å²) in [6.07, 6.45) is 1.70. The van der Waals surface area contributed by atoms with E-state index in [4.69, 9.17) is 0 Å². The van der Waals surface area contributed by atoms with E-state index in [0.717, 1.165) is 5.56 Å². The number of methoxy groups -OCH3 is 1. The van der Waals surface area contributed by atoms with E-state index in [2.05, 4.69) is 21.6 Å². The van der Waals surface area contributed by atoms with Gasteiger partial charge in [0, 0.05) is 12.1 Å². The van der Waals surface area contributed by atoms with E-state index >= 15 is 0 Å². The Bertz CT molecular complexity index is 357. The lowest BCUT2D eigenvalue weighted by atomic mass is 10.3. The van der Waals surface area contributed by atoms with Crippen molar-refractivity contribution in [2.75, 3.05) is 7.11 Å². The Kier molecular flexibility index (Phi) is 3.04. The topological polar surface area (TPSA) is 39.2 Å². The number of carbonyl (C=O) groups is 1. The molecule has 0 amide bonds. The van der Waals surface area contributed by atoms with E-state index in [0.29, 0.717) is 5.69 Å². The summed E-state index contributed by atoms with van der Waals surface area (Å²) in [5, 5.41) is 0. The molecule has 3 heteroatoms. The molecule has 0 atom stereocenters. The van der Waals surface area contributed by atoms with Gasteiger partial charge in [-0.05, 0) is 24.5 Å². The highest BCUT2D eigenvalue weighted by atomic mass is 16.5. The number of rotatable bonds is 0. The van der Waals surface area contributed by atoms with Crippen LogP contribution in [0.5, 0.6) is 0 Å². The predicted molar refractivity (Wildman–Crippen MR) is 47.9 cm³/mol. The molecule has 3 nitrogen and oxygen atoms in total. The van der Waals surface area contributed by atoms with Gasteiger partial charge in [0.05, 0.1) is 7.11 Å². The molecule has 0 bridgehead atoms. The Balaban J connectivity index is 2.78. The van der Waals surface area contributed by atoms with Gasteiger partial charge >= 0.3 is 5.97 Å². The van der Waals surface area contributed by atoms with Gasteiger partial charge in [0.25, 0.3) is 0 Å². The van der Waals surface area contributed by atoms with Crippen molar-refractivity contribution < 1.29 is 9.53 Å². The molecule has 0 N–H and O–H groups in total. The van der Waals surface area contributed by atoms with Crippen LogP contribution in [-0.4, -0.2) is 18.1 Å². The molecule has 0 unspecified atom stereocenters. The Morgan fingerprint density at radius 3 is 2.85 bits per heavy atom. The van der Waals surface area contributed by atoms with Gasteiger partial charge in [0.2, 0.25) is 0 Å². The van der Waals surface area contributed by atoms with Crippen molar-refractivity contribution in [3.63, 3.8) is 0 Å². The molecule has 0 fully saturated rings. The molecule has 0 aliphatic rings. The molecule has 0 aliphatic heterocycles. The van der Waals surface area contributed by atoms with Crippen LogP contribution < -0.4 is 0 Å². The van der Waals surface area contributed by atoms with E-state index in [1.807, 2.05) is 13.0 Å². The summed E-state index contributed by atoms with van der Waals surface area (Å²) in [6.45, 7) is 1.94. The first-order valence-corrected chi connectivity index (χ1v) is 3.75. The molecule has 0 saturated carbocycles. The molecule has 0 aliphatic carbocycles. The number of esters is 1. The molecule has 1 rings (SSSR count). The lowest BCUT2D eigenvalue weighted by Gasteiger charge is -1.90. The van der Waals surface area contributed by atoms with Crippen molar-refractivity contribution in [2.24, 2.45) is 0 Å². The fraction of sp³-hybridized carbons (Fsp3) is 0.200. The zero-order valence-corrected chi connectivity index (χ0v) is 7.50. The summed E-state index contributed by atoms with van der Waals surface area (Å²) >= 11 is 0. The largest absolute Gasteiger partial charge is 0.459 e. The van der Waals surface area contributed by atoms with Crippen molar-refractivity contribution in [3.05, 3.63) is 29.6 Å². The molecule has 1 heterocycles. The first-order valence-electron chi connectivity index (χ1n) is 3.75. The van der Waals surface area contributed by atoms with Crippen molar-refractivity contribution in [1.29, 1.82) is 0 Å². The minimum atomic E-state index is -0.553. The van der Waals surface area contributed by atoms with Crippen LogP contribution in [0, 0.1) is 18.8 Å². The average Bonchev–Trinajstić information content (AvgIpc) is 2.16. The van der Waals surface area contributed by atoms with Gasteiger partial charge in [0.1, 0.15) is 5.69 Å². The quantitative estimate of drug-likeness (QED) is 0.434. The Labute approximate surface area is 76.8 Å². The normalized spacial score (nSPS) is 8.46. The van der Waals surface area contributed by atoms with Gasteiger partial charge in [-0.2, -0.15) is 0 Å². The molecule has 0 saturated heterocycles. The van der Waals surface area contributed by atoms with Gasteiger partial charge < -0.3 is 4.74 Å². The van der Waals surface area contributed by atoms with Crippen LogP contribution in [0.15, 0.2) is 18.3 Å². The van der Waals surface area contributed by atoms with Crippen LogP contribution in [0.2, 0.25) is 0 Å². The van der Waals surface area contributed by atoms with Crippen LogP contribution in [0.25, 0.3) is 0 Å². The smallest absolute Gasteiger partial charge is 0.384 e. The van der Waals surface area contributed by atoms with E-state index < -0.39 is 5.97 Å². The van der Waals surface area contributed by atoms with E-state index in [-0.39, 0.29) is 0 Å². The molecular formula is C10H9NO2. The van der Waals surface area contributed by atoms with Gasteiger partial charge in [0.15, 0.2) is 0 Å². The Morgan fingerprint density at radius 1 is 1.54 bits per heavy atom. The first-order chi connectivity index (χ1) is 6.22. The summed E-state index contributed by atoms with van der Waals surface area (Å²) in [4.78, 5) is 14.6. The second-order valence-electron chi connectivity index (χ2n) is 2.46. The maximum Gasteiger partial charge on any atom is 0.384 e. The number of hydrogen-bond acceptors (Lipinski definition) is 3. The second kappa shape index (κ2) is 4.27. The highest BCUT2D eigenvalue weighted by Gasteiger charge is 1.91. The summed E-state index contributed by atoms with van der Waals surface area (Å²) < 4.78 is 4.36. The van der Waals surface area contributed by atoms with Crippen molar-refractivity contribution in [3.8, 4) is 11.8 Å². The van der Waals surface area contributed by atoms with Crippen LogP contribution in [0.1, 0.15) is 11.3 Å². The highest BCUT2D eigenvalue weighted by Crippen LogP contribution is 1.95. The number of ether oxygens (including phenoxy) is 1. The third-order valence-corrected chi connectivity index (χ3v) is 1.39. The van der Waals surface area contributed by atoms with E-state index in [1.165, 1.54) is 7.11 Å². The highest BCUT2D eigenvalue weighted by molar-refractivity contribution is 5.88. The zero-order valence-electron chi connectivity index (χ0n) is 7.50. The van der Waals surface area contributed by atoms with Crippen molar-refractivity contribution in [2.45, 2.75) is 6.92 Å². The number of hydrogen-bond donors (Lipinski definition) is 0. The van der Waals surface area contributed by atoms with Crippen LogP contribution in [-0.2, 0) is 9.53 Å². The third kappa shape index (κ3) is 2.96. The fourth-order valence-corrected chi connectivity index (χ4v) is 0.708. The second-order valence-corrected chi connectivity index (χ2v) is 2.46. The third-order valence-electron chi connectivity index (χ3n) is 1.39. The predicted octanol–water partition coefficient (Wildman–Crippen LogP) is 0.915. The number of aromatic nitrogens is 1. The van der Waals surface area contributed by atoms with Crippen molar-refractivity contribution in [1.82, 2.24) is 4.98 Å². The van der Waals surface area contributed by atoms with Crippen LogP contribution in [0.4, 0.5) is 0 Å². The molecular weight excluding hydrogens is 166 g/mol. The summed E-state index contributed by atoms with van der Waals surface area (Å²) in [5.74, 6) is 4.33. The SMILES string of the molecule is COC(=O)C#Cc1ccc(C)cn1. The lowest BCUT2D eigenvalue weighted by Crippen LogP contribution is -1.94. The van der Waals surface area contributed by atoms with E-state index in [9.17, 15) is 4.79 Å². The number of nitrogens with zero attached hydrogens (tertiary/aromatic N) is 1. The molecule has 0 aromatic carbocycles. The van der Waals surface area contributed by atoms with Crippen molar-refractivity contribution >= 4 is 5.97 Å². The lowest BCUT2D eigenvalue weighted by molar-refractivity contribution is -0.133. The number of aryl methyl sites for hydroxylation is 1. The standard InChI is InChI=1S/C10H9NO2/c1-8-3-4-9(11-7-8)5-6-10(12)13-2/h3-4,7H,1-2H3. The fourth-order valence-electron chi connectivity index (χ4n) is 0.708. The first kappa shape index (κ1) is 9.27. The Morgan fingerprint density at radius 2 is 2.31 bits per heavy atom. The molecule has 0 spiro atoms. The number of pyridine rings is 1. The molecule has 66 valence electrons. The van der Waals surface area contributed by atoms with Gasteiger partial charge in [-0.15, -0.1) is 0 Å². The maximum absolute atomic E-state index is 10.6. The molecule has 0 radical (unpaired) electrons. The molecule has 1 aromatic rings. The van der Waals surface area contributed by atoms with Crippen LogP contribution in [0.3, 0.4) is 0 Å². The van der Waals surface area contributed by atoms with Crippen LogP contribution >= 0.6 is 0 Å². The summed E-state index contributed by atoms with van der Waals surface area (Å²) in [7, 11) is 1.29. The molecule has 1 aromatic heterocycles. The van der Waals surface area contributed by atoms with Gasteiger partial charge in [-0.3, -0.25) is 0 Å². The summed E-state index contributed by atoms with van der Waals surface area (Å²) in [6, 6.07) is 3.64. The van der Waals surface area contributed by atoms with Gasteiger partial charge in [-0.1, -0.05) is 6.07 Å². The molecule has 13 heavy (non-hydrogen) atoms. The Hall–Kier alpha value is -1.82. The minimum Gasteiger partial charge on any atom is -0.459 e. The van der Waals surface area contributed by atoms with E-state index in [1.54, 1.807) is 12.3 Å². The average molecular weight is 175 g/mol. The number of carbonyl (C=O) groups excluding carboxylic acids is 1. The maximum atomic E-state index is 10.6. The minimum absolute atomic E-state index is 0.553. The van der Waals surface area contributed by atoms with Gasteiger partial charge in [-0.25, -0.2) is 9.78 Å².